The number of halogens is 2. The summed E-state index contributed by atoms with van der Waals surface area (Å²) in [5.74, 6) is -2.30. The number of rotatable bonds is 2. The second-order valence-corrected chi connectivity index (χ2v) is 2.80. The van der Waals surface area contributed by atoms with Crippen molar-refractivity contribution >= 4 is 17.6 Å². The number of benzene rings is 1. The molecule has 1 N–H and O–H groups in total. The molecule has 0 aliphatic carbocycles. The average molecular weight is 214 g/mol. The van der Waals surface area contributed by atoms with Gasteiger partial charge in [-0.1, -0.05) is 0 Å². The Morgan fingerprint density at radius 3 is 2.71 bits per heavy atom. The molecule has 1 aromatic carbocycles. The predicted octanol–water partition coefficient (Wildman–Crippen LogP) is 2.13. The lowest BCUT2D eigenvalue weighted by Gasteiger charge is -2.04. The maximum Gasteiger partial charge on any atom is 0.336 e. The number of carboxylic acid groups (broad SMARTS) is 1. The lowest BCUT2D eigenvalue weighted by atomic mass is 10.0. The third kappa shape index (κ3) is 1.83. The lowest BCUT2D eigenvalue weighted by Crippen LogP contribution is -2.04. The summed E-state index contributed by atoms with van der Waals surface area (Å²) in [6.07, 6.45) is 0. The van der Waals surface area contributed by atoms with Crippen molar-refractivity contribution in [3.63, 3.8) is 0 Å². The van der Waals surface area contributed by atoms with Crippen LogP contribution in [0.3, 0.4) is 0 Å². The van der Waals surface area contributed by atoms with E-state index >= 15 is 0 Å². The Morgan fingerprint density at radius 2 is 2.29 bits per heavy atom. The minimum atomic E-state index is -1.29. The molecular weight excluding hydrogens is 209 g/mol. The zero-order valence-corrected chi connectivity index (χ0v) is 7.68. The second kappa shape index (κ2) is 4.07. The Labute approximate surface area is 84.3 Å². The van der Waals surface area contributed by atoms with E-state index in [0.29, 0.717) is 0 Å². The molecule has 0 bridgehead atoms. The molecule has 1 rings (SSSR count). The van der Waals surface area contributed by atoms with Crippen molar-refractivity contribution in [3.05, 3.63) is 34.6 Å². The number of nitriles is 1. The van der Waals surface area contributed by atoms with Gasteiger partial charge in [-0.2, -0.15) is 5.26 Å². The third-order valence-electron chi connectivity index (χ3n) is 1.69. The van der Waals surface area contributed by atoms with Crippen molar-refractivity contribution in [2.75, 3.05) is 0 Å². The zero-order chi connectivity index (χ0) is 10.7. The van der Waals surface area contributed by atoms with Crippen LogP contribution >= 0.6 is 11.6 Å². The quantitative estimate of drug-likeness (QED) is 0.766. The minimum Gasteiger partial charge on any atom is -0.478 e. The first-order valence-corrected chi connectivity index (χ1v) is 4.15. The van der Waals surface area contributed by atoms with Crippen molar-refractivity contribution in [1.82, 2.24) is 0 Å². The molecule has 0 saturated heterocycles. The van der Waals surface area contributed by atoms with E-state index in [9.17, 15) is 9.18 Å². The third-order valence-corrected chi connectivity index (χ3v) is 1.96. The van der Waals surface area contributed by atoms with Gasteiger partial charge in [0.15, 0.2) is 0 Å². The summed E-state index contributed by atoms with van der Waals surface area (Å²) in [7, 11) is 0. The van der Waals surface area contributed by atoms with Crippen LogP contribution < -0.4 is 0 Å². The number of carboxylic acids is 1. The molecule has 1 aromatic rings. The highest BCUT2D eigenvalue weighted by atomic mass is 35.5. The van der Waals surface area contributed by atoms with E-state index < -0.39 is 11.8 Å². The van der Waals surface area contributed by atoms with Crippen molar-refractivity contribution < 1.29 is 14.3 Å². The Morgan fingerprint density at radius 1 is 1.64 bits per heavy atom. The summed E-state index contributed by atoms with van der Waals surface area (Å²) in [6, 6.07) is 3.73. The normalized spacial score (nSPS) is 9.50. The molecule has 0 fully saturated rings. The van der Waals surface area contributed by atoms with Crippen LogP contribution in [0, 0.1) is 17.1 Å². The van der Waals surface area contributed by atoms with E-state index in [4.69, 9.17) is 22.0 Å². The van der Waals surface area contributed by atoms with Gasteiger partial charge in [-0.3, -0.25) is 0 Å². The van der Waals surface area contributed by atoms with Gasteiger partial charge in [0.25, 0.3) is 0 Å². The molecule has 0 saturated carbocycles. The molecule has 0 spiro atoms. The van der Waals surface area contributed by atoms with Crippen LogP contribution in [0.1, 0.15) is 21.5 Å². The van der Waals surface area contributed by atoms with E-state index in [-0.39, 0.29) is 22.6 Å². The van der Waals surface area contributed by atoms with Gasteiger partial charge in [-0.05, 0) is 12.1 Å². The van der Waals surface area contributed by atoms with E-state index in [1.807, 2.05) is 0 Å². The molecule has 5 heteroatoms. The molecule has 3 nitrogen and oxygen atoms in total. The highest BCUT2D eigenvalue weighted by Crippen LogP contribution is 2.18. The summed E-state index contributed by atoms with van der Waals surface area (Å²) >= 11 is 5.39. The fraction of sp³-hybridized carbons (Fsp3) is 0.111. The maximum atomic E-state index is 13.2. The Balaban J connectivity index is 3.45. The fourth-order valence-electron chi connectivity index (χ4n) is 1.03. The summed E-state index contributed by atoms with van der Waals surface area (Å²) in [4.78, 5) is 10.7. The van der Waals surface area contributed by atoms with E-state index in [2.05, 4.69) is 0 Å². The molecule has 0 aromatic heterocycles. The van der Waals surface area contributed by atoms with Gasteiger partial charge < -0.3 is 5.11 Å². The highest BCUT2D eigenvalue weighted by Gasteiger charge is 2.15. The SMILES string of the molecule is N#Cc1cc(F)c(CCl)c(C(=O)O)c1. The second-order valence-electron chi connectivity index (χ2n) is 2.53. The molecule has 72 valence electrons. The minimum absolute atomic E-state index is 0.0335. The largest absolute Gasteiger partial charge is 0.478 e. The summed E-state index contributed by atoms with van der Waals surface area (Å²) < 4.78 is 13.2. The molecule has 0 aliphatic heterocycles. The smallest absolute Gasteiger partial charge is 0.336 e. The van der Waals surface area contributed by atoms with Crippen LogP contribution in [0.25, 0.3) is 0 Å². The molecular formula is C9H5ClFNO2. The Kier molecular flexibility index (Phi) is 3.05. The van der Waals surface area contributed by atoms with E-state index in [1.165, 1.54) is 0 Å². The molecule has 14 heavy (non-hydrogen) atoms. The van der Waals surface area contributed by atoms with E-state index in [0.717, 1.165) is 12.1 Å². The Bertz CT molecular complexity index is 426. The standard InChI is InChI=1S/C9H5ClFNO2/c10-3-7-6(9(13)14)1-5(4-12)2-8(7)11/h1-2H,3H2,(H,13,14). The van der Waals surface area contributed by atoms with Gasteiger partial charge >= 0.3 is 5.97 Å². The molecule has 0 heterocycles. The van der Waals surface area contributed by atoms with Crippen LogP contribution in [0.5, 0.6) is 0 Å². The van der Waals surface area contributed by atoms with Crippen LogP contribution in [0.4, 0.5) is 4.39 Å². The molecule has 0 atom stereocenters. The number of carbonyl (C=O) groups is 1. The fourth-order valence-corrected chi connectivity index (χ4v) is 1.30. The Hall–Kier alpha value is -1.60. The molecule has 0 radical (unpaired) electrons. The highest BCUT2D eigenvalue weighted by molar-refractivity contribution is 6.17. The van der Waals surface area contributed by atoms with Crippen molar-refractivity contribution in [3.8, 4) is 6.07 Å². The van der Waals surface area contributed by atoms with Crippen LogP contribution in [-0.4, -0.2) is 11.1 Å². The van der Waals surface area contributed by atoms with Gasteiger partial charge in [-0.15, -0.1) is 11.6 Å². The van der Waals surface area contributed by atoms with Gasteiger partial charge in [-0.25, -0.2) is 9.18 Å². The topological polar surface area (TPSA) is 61.1 Å². The van der Waals surface area contributed by atoms with Gasteiger partial charge in [0.2, 0.25) is 0 Å². The van der Waals surface area contributed by atoms with Crippen molar-refractivity contribution in [2.45, 2.75) is 5.88 Å². The first-order valence-electron chi connectivity index (χ1n) is 3.62. The summed E-state index contributed by atoms with van der Waals surface area (Å²) in [5, 5.41) is 17.2. The average Bonchev–Trinajstić information content (AvgIpc) is 2.16. The van der Waals surface area contributed by atoms with E-state index in [1.54, 1.807) is 6.07 Å². The number of hydrogen-bond acceptors (Lipinski definition) is 2. The molecule has 0 aliphatic rings. The number of alkyl halides is 1. The van der Waals surface area contributed by atoms with Crippen LogP contribution in [-0.2, 0) is 5.88 Å². The lowest BCUT2D eigenvalue weighted by molar-refractivity contribution is 0.0695. The van der Waals surface area contributed by atoms with Crippen LogP contribution in [0.2, 0.25) is 0 Å². The molecule has 0 unspecified atom stereocenters. The van der Waals surface area contributed by atoms with Crippen molar-refractivity contribution in [1.29, 1.82) is 5.26 Å². The van der Waals surface area contributed by atoms with Crippen molar-refractivity contribution in [2.24, 2.45) is 0 Å². The summed E-state index contributed by atoms with van der Waals surface area (Å²) in [6.45, 7) is 0. The van der Waals surface area contributed by atoms with Gasteiger partial charge in [0.05, 0.1) is 23.1 Å². The van der Waals surface area contributed by atoms with Crippen LogP contribution in [0.15, 0.2) is 12.1 Å². The first kappa shape index (κ1) is 10.5. The zero-order valence-electron chi connectivity index (χ0n) is 6.92. The number of nitrogens with zero attached hydrogens (tertiary/aromatic N) is 1. The first-order chi connectivity index (χ1) is 6.60. The van der Waals surface area contributed by atoms with Gasteiger partial charge in [0, 0.05) is 5.56 Å². The number of hydrogen-bond donors (Lipinski definition) is 1. The summed E-state index contributed by atoms with van der Waals surface area (Å²) in [5.41, 5.74) is -0.400. The number of aromatic carboxylic acids is 1. The molecule has 0 amide bonds. The van der Waals surface area contributed by atoms with Gasteiger partial charge in [0.1, 0.15) is 5.82 Å². The monoisotopic (exact) mass is 213 g/mol. The maximum absolute atomic E-state index is 13.2. The predicted molar refractivity (Wildman–Crippen MR) is 47.6 cm³/mol.